The number of nitrogens with zero attached hydrogens (tertiary/aromatic N) is 3. The van der Waals surface area contributed by atoms with Crippen molar-refractivity contribution in [1.82, 2.24) is 14.8 Å². The van der Waals surface area contributed by atoms with E-state index in [4.69, 9.17) is 29.9 Å². The fraction of sp³-hybridized carbons (Fsp3) is 0.625. The first-order valence-corrected chi connectivity index (χ1v) is 11.8. The van der Waals surface area contributed by atoms with Gasteiger partial charge >= 0.3 is 23.2 Å². The van der Waals surface area contributed by atoms with E-state index < -0.39 is 54.1 Å². The van der Waals surface area contributed by atoms with Crippen LogP contribution in [0.15, 0.2) is 6.33 Å². The number of primary amides is 1. The van der Waals surface area contributed by atoms with Crippen molar-refractivity contribution in [2.24, 2.45) is 5.73 Å². The van der Waals surface area contributed by atoms with E-state index in [0.717, 1.165) is 11.0 Å². The molecule has 20 heteroatoms. The summed E-state index contributed by atoms with van der Waals surface area (Å²) in [5, 5.41) is 13.6. The summed E-state index contributed by atoms with van der Waals surface area (Å²) >= 11 is 0. The molecule has 2 heterocycles. The van der Waals surface area contributed by atoms with Crippen LogP contribution in [0.3, 0.4) is 0 Å². The molecule has 1 aromatic rings. The molecule has 28 heavy (non-hydrogen) atoms. The van der Waals surface area contributed by atoms with Crippen molar-refractivity contribution >= 4 is 29.1 Å². The Morgan fingerprint density at radius 1 is 1.29 bits per heavy atom. The van der Waals surface area contributed by atoms with Crippen molar-refractivity contribution < 1.29 is 61.3 Å². The Hall–Kier alpha value is -1.06. The van der Waals surface area contributed by atoms with Crippen molar-refractivity contribution in [2.45, 2.75) is 25.0 Å². The number of aliphatic hydroxyl groups is 1. The predicted molar refractivity (Wildman–Crippen MR) is 82.9 cm³/mol. The van der Waals surface area contributed by atoms with Crippen molar-refractivity contribution in [2.75, 3.05) is 6.35 Å². The molecule has 1 amide bonds. The second-order valence-electron chi connectivity index (χ2n) is 5.23. The minimum Gasteiger partial charge on any atom is -0.388 e. The van der Waals surface area contributed by atoms with Gasteiger partial charge in [0.05, 0.1) is 0 Å². The largest absolute Gasteiger partial charge is 0.488 e. The molecule has 1 aromatic heterocycles. The zero-order valence-electron chi connectivity index (χ0n) is 13.5. The molecule has 5 atom stereocenters. The van der Waals surface area contributed by atoms with Crippen LogP contribution in [0.1, 0.15) is 23.3 Å². The molecule has 0 spiro atoms. The molecular weight excluding hydrogens is 453 g/mol. The molecule has 1 aliphatic rings. The van der Waals surface area contributed by atoms with Gasteiger partial charge in [-0.2, -0.15) is 4.31 Å². The number of hydrogen-bond acceptors (Lipinski definition) is 11. The molecule has 2 rings (SSSR count). The van der Waals surface area contributed by atoms with E-state index in [-0.39, 0.29) is 12.2 Å². The smallest absolute Gasteiger partial charge is 0.388 e. The highest BCUT2D eigenvalue weighted by atomic mass is 31.3. The summed E-state index contributed by atoms with van der Waals surface area (Å²) in [5.41, 5.74) is 4.99. The Bertz CT molecular complexity index is 868. The van der Waals surface area contributed by atoms with Crippen LogP contribution < -0.4 is 5.73 Å². The van der Waals surface area contributed by atoms with Crippen molar-refractivity contribution in [1.29, 1.82) is 0 Å². The Morgan fingerprint density at radius 3 is 2.46 bits per heavy atom. The third-order valence-corrected chi connectivity index (χ3v) is 6.91. The van der Waals surface area contributed by atoms with Crippen molar-refractivity contribution in [3.8, 4) is 0 Å². The van der Waals surface area contributed by atoms with E-state index in [1.807, 2.05) is 0 Å². The van der Waals surface area contributed by atoms with Gasteiger partial charge in [0, 0.05) is 6.42 Å². The second-order valence-corrected chi connectivity index (χ2v) is 9.99. The summed E-state index contributed by atoms with van der Waals surface area (Å²) < 4.78 is 51.8. The Morgan fingerprint density at radius 2 is 1.93 bits per heavy atom. The van der Waals surface area contributed by atoms with Crippen LogP contribution in [-0.2, 0) is 31.8 Å². The molecule has 160 valence electrons. The molecule has 1 fully saturated rings. The Kier molecular flexibility index (Phi) is 6.93. The molecule has 7 N–H and O–H groups in total. The molecule has 1 aliphatic heterocycles. The normalized spacial score (nSPS) is 27.2. The maximum absolute atomic E-state index is 11.7. The molecular formula is C8H15N4O13P3. The van der Waals surface area contributed by atoms with Crippen LogP contribution in [0.2, 0.25) is 0 Å². The van der Waals surface area contributed by atoms with E-state index in [2.05, 4.69) is 18.7 Å². The standard InChI is InChI=1S/C8H15N4O13P3/c9-6(14)7-10-2-12(11-7)8-4(13)1-5(23-8)22-3-26(15,16)24-28(20,21)25-27(17,18)19/h2,4-5,8,13H,1,3H2,(H2,9,14)(H,15,16)(H,20,21)(H2,17,18,19)/t4-,5+,8-/m1/s1. The highest BCUT2D eigenvalue weighted by molar-refractivity contribution is 7.68. The second kappa shape index (κ2) is 8.36. The summed E-state index contributed by atoms with van der Waals surface area (Å²) in [6.07, 6.45) is -4.20. The first kappa shape index (κ1) is 23.2. The van der Waals surface area contributed by atoms with Crippen LogP contribution >= 0.6 is 23.2 Å². The molecule has 0 radical (unpaired) electrons. The highest BCUT2D eigenvalue weighted by Crippen LogP contribution is 2.66. The lowest BCUT2D eigenvalue weighted by Crippen LogP contribution is -2.21. The molecule has 0 aromatic carbocycles. The lowest BCUT2D eigenvalue weighted by Gasteiger charge is -2.18. The minimum atomic E-state index is -5.59. The Labute approximate surface area is 155 Å². The third kappa shape index (κ3) is 6.77. The molecule has 0 bridgehead atoms. The highest BCUT2D eigenvalue weighted by Gasteiger charge is 2.42. The van der Waals surface area contributed by atoms with Gasteiger partial charge < -0.3 is 39.9 Å². The number of ether oxygens (including phenoxy) is 2. The molecule has 2 unspecified atom stereocenters. The van der Waals surface area contributed by atoms with Gasteiger partial charge in [-0.25, -0.2) is 23.1 Å². The fourth-order valence-corrected chi connectivity index (χ4v) is 5.28. The lowest BCUT2D eigenvalue weighted by atomic mass is 10.3. The third-order valence-electron chi connectivity index (χ3n) is 2.91. The van der Waals surface area contributed by atoms with Crippen LogP contribution in [-0.4, -0.2) is 64.1 Å². The van der Waals surface area contributed by atoms with Gasteiger partial charge in [0.25, 0.3) is 5.91 Å². The Balaban J connectivity index is 1.93. The SMILES string of the molecule is NC(=O)c1ncn([C@@H]2O[C@H](OCP(=O)(O)OP(=O)(O)OP(=O)(O)O)C[C@H]2O)n1. The average Bonchev–Trinajstić information content (AvgIpc) is 3.07. The first-order valence-electron chi connectivity index (χ1n) is 6.96. The van der Waals surface area contributed by atoms with Gasteiger partial charge in [-0.1, -0.05) is 0 Å². The zero-order chi connectivity index (χ0) is 21.3. The number of aliphatic hydroxyl groups excluding tert-OH is 1. The van der Waals surface area contributed by atoms with Crippen LogP contribution in [0.25, 0.3) is 0 Å². The van der Waals surface area contributed by atoms with E-state index in [1.165, 1.54) is 0 Å². The van der Waals surface area contributed by atoms with Gasteiger partial charge in [0.1, 0.15) is 12.4 Å². The summed E-state index contributed by atoms with van der Waals surface area (Å²) in [7, 11) is -16.1. The number of nitrogens with two attached hydrogens (primary N) is 1. The number of rotatable bonds is 9. The van der Waals surface area contributed by atoms with Gasteiger partial charge in [-0.3, -0.25) is 9.36 Å². The maximum Gasteiger partial charge on any atom is 0.488 e. The topological polar surface area (TPSA) is 263 Å². The van der Waals surface area contributed by atoms with E-state index in [9.17, 15) is 28.5 Å². The van der Waals surface area contributed by atoms with Gasteiger partial charge in [0.15, 0.2) is 18.9 Å². The fourth-order valence-electron chi connectivity index (χ4n) is 1.98. The maximum atomic E-state index is 11.7. The quantitative estimate of drug-likeness (QED) is 0.222. The molecule has 0 saturated carbocycles. The predicted octanol–water partition coefficient (Wildman–Crippen LogP) is -1.63. The van der Waals surface area contributed by atoms with Crippen LogP contribution in [0.4, 0.5) is 0 Å². The van der Waals surface area contributed by atoms with Gasteiger partial charge in [-0.05, 0) is 0 Å². The zero-order valence-corrected chi connectivity index (χ0v) is 16.2. The van der Waals surface area contributed by atoms with Crippen LogP contribution in [0, 0.1) is 0 Å². The minimum absolute atomic E-state index is 0.244. The van der Waals surface area contributed by atoms with E-state index in [0.29, 0.717) is 0 Å². The monoisotopic (exact) mass is 468 g/mol. The summed E-state index contributed by atoms with van der Waals surface area (Å²) in [4.78, 5) is 50.0. The average molecular weight is 468 g/mol. The van der Waals surface area contributed by atoms with Crippen molar-refractivity contribution in [3.63, 3.8) is 0 Å². The lowest BCUT2D eigenvalue weighted by molar-refractivity contribution is -0.149. The molecule has 1 saturated heterocycles. The summed E-state index contributed by atoms with van der Waals surface area (Å²) in [5.74, 6) is -1.28. The number of phosphoric acid groups is 2. The molecule has 0 aliphatic carbocycles. The first-order chi connectivity index (χ1) is 12.7. The molecule has 17 nitrogen and oxygen atoms in total. The van der Waals surface area contributed by atoms with Crippen LogP contribution in [0.5, 0.6) is 0 Å². The van der Waals surface area contributed by atoms with Crippen molar-refractivity contribution in [3.05, 3.63) is 12.2 Å². The number of hydrogen-bond donors (Lipinski definition) is 6. The number of aromatic nitrogens is 3. The van der Waals surface area contributed by atoms with Gasteiger partial charge in [0.2, 0.25) is 5.82 Å². The number of carbonyl (C=O) groups is 1. The van der Waals surface area contributed by atoms with E-state index in [1.54, 1.807) is 0 Å². The summed E-state index contributed by atoms with van der Waals surface area (Å²) in [6, 6.07) is 0. The summed E-state index contributed by atoms with van der Waals surface area (Å²) in [6.45, 7) is 0. The van der Waals surface area contributed by atoms with Gasteiger partial charge in [-0.15, -0.1) is 5.10 Å². The number of amides is 1. The number of carbonyl (C=O) groups excluding carboxylic acids is 1. The van der Waals surface area contributed by atoms with E-state index >= 15 is 0 Å².